The van der Waals surface area contributed by atoms with E-state index < -0.39 is 7.82 Å². The standard InChI is InChI=1S/C17H19O6P/c1-21-24(19,20)23-11-10-17(18)15-7-5-6-14(12-15)13-22-16-8-3-2-4-9-16/h2-9,12H,10-11,13H2,1H3,(H,19,20). The number of rotatable bonds is 9. The van der Waals surface area contributed by atoms with Crippen LogP contribution in [0.1, 0.15) is 22.3 Å². The number of phosphoric ester groups is 1. The van der Waals surface area contributed by atoms with Gasteiger partial charge in [-0.2, -0.15) is 0 Å². The van der Waals surface area contributed by atoms with E-state index in [1.807, 2.05) is 36.4 Å². The molecule has 7 heteroatoms. The lowest BCUT2D eigenvalue weighted by molar-refractivity contribution is 0.0947. The van der Waals surface area contributed by atoms with Crippen LogP contribution in [0.15, 0.2) is 54.6 Å². The largest absolute Gasteiger partial charge is 0.489 e. The second kappa shape index (κ2) is 8.76. The molecule has 0 heterocycles. The van der Waals surface area contributed by atoms with Crippen molar-refractivity contribution in [2.75, 3.05) is 13.7 Å². The third kappa shape index (κ3) is 5.91. The SMILES string of the molecule is COP(=O)(O)OCCC(=O)c1cccc(COc2ccccc2)c1. The Kier molecular flexibility index (Phi) is 6.70. The number of hydrogen-bond acceptors (Lipinski definition) is 5. The van der Waals surface area contributed by atoms with Crippen molar-refractivity contribution < 1.29 is 28.0 Å². The van der Waals surface area contributed by atoms with Gasteiger partial charge in [0.1, 0.15) is 12.4 Å². The number of para-hydroxylation sites is 1. The summed E-state index contributed by atoms with van der Waals surface area (Å²) in [5, 5.41) is 0. The normalized spacial score (nSPS) is 13.2. The number of Topliss-reactive ketones (excluding diaryl/α,β-unsaturated/α-hetero) is 1. The van der Waals surface area contributed by atoms with Crippen LogP contribution in [0.2, 0.25) is 0 Å². The van der Waals surface area contributed by atoms with Crippen molar-refractivity contribution in [3.63, 3.8) is 0 Å². The second-order valence-electron chi connectivity index (χ2n) is 4.96. The minimum absolute atomic E-state index is 0.0170. The van der Waals surface area contributed by atoms with Gasteiger partial charge >= 0.3 is 7.82 Å². The fourth-order valence-electron chi connectivity index (χ4n) is 1.97. The topological polar surface area (TPSA) is 82.1 Å². The molecule has 0 amide bonds. The van der Waals surface area contributed by atoms with Crippen LogP contribution >= 0.6 is 7.82 Å². The van der Waals surface area contributed by atoms with Crippen molar-refractivity contribution in [2.24, 2.45) is 0 Å². The number of phosphoric acid groups is 1. The van der Waals surface area contributed by atoms with Gasteiger partial charge in [-0.15, -0.1) is 0 Å². The van der Waals surface area contributed by atoms with Crippen LogP contribution in [0.5, 0.6) is 5.75 Å². The first-order valence-electron chi connectivity index (χ1n) is 7.33. The van der Waals surface area contributed by atoms with Gasteiger partial charge in [0, 0.05) is 19.1 Å². The number of carbonyl (C=O) groups is 1. The van der Waals surface area contributed by atoms with Crippen LogP contribution in [0.25, 0.3) is 0 Å². The van der Waals surface area contributed by atoms with E-state index in [4.69, 9.17) is 9.63 Å². The quantitative estimate of drug-likeness (QED) is 0.550. The zero-order valence-corrected chi connectivity index (χ0v) is 14.1. The molecule has 0 saturated heterocycles. The predicted octanol–water partition coefficient (Wildman–Crippen LogP) is 3.60. The van der Waals surface area contributed by atoms with E-state index in [-0.39, 0.29) is 18.8 Å². The maximum atomic E-state index is 12.1. The van der Waals surface area contributed by atoms with Gasteiger partial charge in [-0.05, 0) is 23.8 Å². The lowest BCUT2D eigenvalue weighted by Gasteiger charge is -2.09. The summed E-state index contributed by atoms with van der Waals surface area (Å²) in [5.41, 5.74) is 1.35. The summed E-state index contributed by atoms with van der Waals surface area (Å²) in [7, 11) is -2.98. The molecule has 1 N–H and O–H groups in total. The molecule has 0 saturated carbocycles. The van der Waals surface area contributed by atoms with Crippen LogP contribution in [0, 0.1) is 0 Å². The molecule has 0 aromatic heterocycles. The molecule has 1 atom stereocenters. The van der Waals surface area contributed by atoms with E-state index in [1.54, 1.807) is 18.2 Å². The first-order chi connectivity index (χ1) is 11.5. The van der Waals surface area contributed by atoms with Gasteiger partial charge < -0.3 is 9.63 Å². The van der Waals surface area contributed by atoms with Gasteiger partial charge in [0.2, 0.25) is 0 Å². The molecule has 2 aromatic carbocycles. The highest BCUT2D eigenvalue weighted by Gasteiger charge is 2.18. The minimum Gasteiger partial charge on any atom is -0.489 e. The van der Waals surface area contributed by atoms with E-state index >= 15 is 0 Å². The molecule has 0 aliphatic heterocycles. The molecule has 0 aliphatic rings. The predicted molar refractivity (Wildman–Crippen MR) is 88.9 cm³/mol. The monoisotopic (exact) mass is 350 g/mol. The summed E-state index contributed by atoms with van der Waals surface area (Å²) in [5.74, 6) is 0.563. The van der Waals surface area contributed by atoms with Gasteiger partial charge in [-0.25, -0.2) is 4.57 Å². The molecule has 24 heavy (non-hydrogen) atoms. The van der Waals surface area contributed by atoms with Gasteiger partial charge in [-0.3, -0.25) is 13.8 Å². The zero-order chi connectivity index (χ0) is 17.4. The van der Waals surface area contributed by atoms with Crippen LogP contribution in [0.3, 0.4) is 0 Å². The van der Waals surface area contributed by atoms with Crippen LogP contribution in [-0.2, 0) is 20.2 Å². The van der Waals surface area contributed by atoms with Crippen molar-refractivity contribution in [3.8, 4) is 5.75 Å². The molecule has 2 rings (SSSR count). The van der Waals surface area contributed by atoms with Crippen molar-refractivity contribution in [3.05, 3.63) is 65.7 Å². The number of carbonyl (C=O) groups excluding carboxylic acids is 1. The molecule has 0 fully saturated rings. The highest BCUT2D eigenvalue weighted by Crippen LogP contribution is 2.41. The summed E-state index contributed by atoms with van der Waals surface area (Å²) < 4.78 is 25.7. The number of ether oxygens (including phenoxy) is 1. The maximum Gasteiger partial charge on any atom is 0.471 e. The van der Waals surface area contributed by atoms with Crippen LogP contribution < -0.4 is 4.74 Å². The molecule has 1 unspecified atom stereocenters. The number of hydrogen-bond donors (Lipinski definition) is 1. The van der Waals surface area contributed by atoms with Crippen molar-refractivity contribution >= 4 is 13.6 Å². The molecular formula is C17H19O6P. The summed E-state index contributed by atoms with van der Waals surface area (Å²) in [6.07, 6.45) is -0.0170. The van der Waals surface area contributed by atoms with Crippen molar-refractivity contribution in [1.29, 1.82) is 0 Å². The lowest BCUT2D eigenvalue weighted by Crippen LogP contribution is -2.05. The van der Waals surface area contributed by atoms with Crippen LogP contribution in [0.4, 0.5) is 0 Å². The van der Waals surface area contributed by atoms with Crippen molar-refractivity contribution in [1.82, 2.24) is 0 Å². The molecule has 6 nitrogen and oxygen atoms in total. The molecular weight excluding hydrogens is 331 g/mol. The summed E-state index contributed by atoms with van der Waals surface area (Å²) in [4.78, 5) is 21.2. The van der Waals surface area contributed by atoms with Gasteiger partial charge in [0.25, 0.3) is 0 Å². The first-order valence-corrected chi connectivity index (χ1v) is 8.83. The van der Waals surface area contributed by atoms with Crippen LogP contribution in [-0.4, -0.2) is 24.4 Å². The highest BCUT2D eigenvalue weighted by molar-refractivity contribution is 7.47. The third-order valence-corrected chi connectivity index (χ3v) is 4.18. The zero-order valence-electron chi connectivity index (χ0n) is 13.3. The molecule has 0 radical (unpaired) electrons. The Hall–Kier alpha value is -1.98. The molecule has 0 bridgehead atoms. The smallest absolute Gasteiger partial charge is 0.471 e. The summed E-state index contributed by atoms with van der Waals surface area (Å²) in [6.45, 7) is 0.155. The van der Waals surface area contributed by atoms with Gasteiger partial charge in [0.15, 0.2) is 5.78 Å². The highest BCUT2D eigenvalue weighted by atomic mass is 31.2. The molecule has 128 valence electrons. The fraction of sp³-hybridized carbons (Fsp3) is 0.235. The van der Waals surface area contributed by atoms with E-state index in [0.717, 1.165) is 18.4 Å². The summed E-state index contributed by atoms with van der Waals surface area (Å²) >= 11 is 0. The lowest BCUT2D eigenvalue weighted by atomic mass is 10.1. The number of ketones is 1. The van der Waals surface area contributed by atoms with Gasteiger partial charge in [0.05, 0.1) is 6.61 Å². The Morgan fingerprint density at radius 2 is 1.88 bits per heavy atom. The number of benzene rings is 2. The Labute approximate surface area is 140 Å². The maximum absolute atomic E-state index is 12.1. The summed E-state index contributed by atoms with van der Waals surface area (Å²) in [6, 6.07) is 16.4. The van der Waals surface area contributed by atoms with Gasteiger partial charge in [-0.1, -0.05) is 36.4 Å². The fourth-order valence-corrected chi connectivity index (χ4v) is 2.40. The van der Waals surface area contributed by atoms with E-state index in [0.29, 0.717) is 12.2 Å². The van der Waals surface area contributed by atoms with Crippen molar-refractivity contribution in [2.45, 2.75) is 13.0 Å². The Morgan fingerprint density at radius 1 is 1.12 bits per heavy atom. The molecule has 2 aromatic rings. The second-order valence-corrected chi connectivity index (χ2v) is 6.52. The minimum atomic E-state index is -4.05. The van der Waals surface area contributed by atoms with E-state index in [9.17, 15) is 9.36 Å². The van der Waals surface area contributed by atoms with E-state index in [2.05, 4.69) is 9.05 Å². The van der Waals surface area contributed by atoms with E-state index in [1.165, 1.54) is 0 Å². The Morgan fingerprint density at radius 3 is 2.58 bits per heavy atom. The average Bonchev–Trinajstić information content (AvgIpc) is 2.61. The average molecular weight is 350 g/mol. The molecule has 0 aliphatic carbocycles. The Bertz CT molecular complexity index is 716. The Balaban J connectivity index is 1.89. The third-order valence-electron chi connectivity index (χ3n) is 3.21. The first kappa shape index (κ1) is 18.4. The molecule has 0 spiro atoms.